The molecule has 1 saturated carbocycles. The summed E-state index contributed by atoms with van der Waals surface area (Å²) in [6.07, 6.45) is 4.38. The van der Waals surface area contributed by atoms with Crippen molar-refractivity contribution in [3.63, 3.8) is 0 Å². The van der Waals surface area contributed by atoms with Crippen molar-refractivity contribution < 1.29 is 4.79 Å². The van der Waals surface area contributed by atoms with Crippen LogP contribution in [-0.2, 0) is 4.79 Å². The van der Waals surface area contributed by atoms with Crippen LogP contribution in [0.15, 0.2) is 0 Å². The number of nitrogens with two attached hydrogens (primary N) is 1. The smallest absolute Gasteiger partial charge is 0.224 e. The normalized spacial score (nSPS) is 25.4. The van der Waals surface area contributed by atoms with E-state index in [1.165, 1.54) is 12.2 Å². The molecule has 1 rings (SSSR count). The van der Waals surface area contributed by atoms with Crippen LogP contribution in [0.3, 0.4) is 0 Å². The van der Waals surface area contributed by atoms with E-state index in [0.29, 0.717) is 18.5 Å². The molecule has 3 unspecified atom stereocenters. The SMILES string of the molecule is CCSC1CCC(NC(=O)C(CN)CC(C)C)C1. The third-order valence-corrected chi connectivity index (χ3v) is 4.78. The molecule has 0 bridgehead atoms. The second-order valence-electron chi connectivity index (χ2n) is 5.66. The molecule has 0 spiro atoms. The first-order valence-corrected chi connectivity index (χ1v) is 8.23. The maximum atomic E-state index is 12.1. The van der Waals surface area contributed by atoms with Crippen molar-refractivity contribution in [2.24, 2.45) is 17.6 Å². The third kappa shape index (κ3) is 5.19. The first-order chi connectivity index (χ1) is 8.56. The monoisotopic (exact) mass is 272 g/mol. The average molecular weight is 272 g/mol. The number of amides is 1. The van der Waals surface area contributed by atoms with Gasteiger partial charge in [0.25, 0.3) is 0 Å². The quantitative estimate of drug-likeness (QED) is 0.748. The maximum absolute atomic E-state index is 12.1. The highest BCUT2D eigenvalue weighted by molar-refractivity contribution is 7.99. The summed E-state index contributed by atoms with van der Waals surface area (Å²) in [6.45, 7) is 6.94. The summed E-state index contributed by atoms with van der Waals surface area (Å²) in [5.74, 6) is 1.85. The Bertz CT molecular complexity index is 258. The van der Waals surface area contributed by atoms with Gasteiger partial charge in [0.1, 0.15) is 0 Å². The predicted octanol–water partition coefficient (Wildman–Crippen LogP) is 2.40. The first-order valence-electron chi connectivity index (χ1n) is 7.18. The van der Waals surface area contributed by atoms with Gasteiger partial charge in [-0.15, -0.1) is 0 Å². The molecule has 0 aromatic carbocycles. The number of carbonyl (C=O) groups excluding carboxylic acids is 1. The van der Waals surface area contributed by atoms with E-state index >= 15 is 0 Å². The van der Waals surface area contributed by atoms with Gasteiger partial charge in [0.05, 0.1) is 5.92 Å². The summed E-state index contributed by atoms with van der Waals surface area (Å²) < 4.78 is 0. The van der Waals surface area contributed by atoms with Gasteiger partial charge >= 0.3 is 0 Å². The lowest BCUT2D eigenvalue weighted by Gasteiger charge is -2.20. The summed E-state index contributed by atoms with van der Waals surface area (Å²) in [5, 5.41) is 3.93. The van der Waals surface area contributed by atoms with Gasteiger partial charge in [-0.1, -0.05) is 20.8 Å². The van der Waals surface area contributed by atoms with Crippen molar-refractivity contribution in [3.05, 3.63) is 0 Å². The maximum Gasteiger partial charge on any atom is 0.224 e. The molecule has 1 amide bonds. The van der Waals surface area contributed by atoms with Crippen molar-refractivity contribution in [3.8, 4) is 0 Å². The van der Waals surface area contributed by atoms with Crippen LogP contribution < -0.4 is 11.1 Å². The Hall–Kier alpha value is -0.220. The molecule has 3 atom stereocenters. The molecule has 106 valence electrons. The van der Waals surface area contributed by atoms with Gasteiger partial charge < -0.3 is 11.1 Å². The average Bonchev–Trinajstić information content (AvgIpc) is 2.73. The van der Waals surface area contributed by atoms with E-state index in [4.69, 9.17) is 5.73 Å². The highest BCUT2D eigenvalue weighted by atomic mass is 32.2. The van der Waals surface area contributed by atoms with Crippen LogP contribution in [0.1, 0.15) is 46.5 Å². The molecule has 1 fully saturated rings. The van der Waals surface area contributed by atoms with E-state index in [1.54, 1.807) is 0 Å². The molecule has 0 aromatic heterocycles. The molecule has 0 aliphatic heterocycles. The lowest BCUT2D eigenvalue weighted by atomic mass is 9.96. The highest BCUT2D eigenvalue weighted by Crippen LogP contribution is 2.29. The lowest BCUT2D eigenvalue weighted by molar-refractivity contribution is -0.125. The van der Waals surface area contributed by atoms with Gasteiger partial charge in [-0.2, -0.15) is 11.8 Å². The van der Waals surface area contributed by atoms with Crippen LogP contribution in [0.4, 0.5) is 0 Å². The summed E-state index contributed by atoms with van der Waals surface area (Å²) in [5.41, 5.74) is 5.71. The number of nitrogens with one attached hydrogen (secondary N) is 1. The van der Waals surface area contributed by atoms with E-state index in [9.17, 15) is 4.79 Å². The number of hydrogen-bond acceptors (Lipinski definition) is 3. The minimum absolute atomic E-state index is 0.0112. The number of hydrogen-bond donors (Lipinski definition) is 2. The number of thioether (sulfide) groups is 1. The third-order valence-electron chi connectivity index (χ3n) is 3.54. The van der Waals surface area contributed by atoms with Gasteiger partial charge in [0, 0.05) is 17.8 Å². The van der Waals surface area contributed by atoms with Gasteiger partial charge in [0.2, 0.25) is 5.91 Å². The Morgan fingerprint density at radius 1 is 1.44 bits per heavy atom. The minimum atomic E-state index is -0.0112. The van der Waals surface area contributed by atoms with Crippen LogP contribution in [0.5, 0.6) is 0 Å². The molecule has 4 heteroatoms. The zero-order valence-electron chi connectivity index (χ0n) is 11.9. The van der Waals surface area contributed by atoms with E-state index in [1.807, 2.05) is 11.8 Å². The fraction of sp³-hybridized carbons (Fsp3) is 0.929. The molecule has 0 radical (unpaired) electrons. The Kier molecular flexibility index (Phi) is 7.08. The Balaban J connectivity index is 2.35. The molecule has 1 aliphatic rings. The summed E-state index contributed by atoms with van der Waals surface area (Å²) >= 11 is 2.02. The Morgan fingerprint density at radius 3 is 2.72 bits per heavy atom. The number of rotatable bonds is 7. The van der Waals surface area contributed by atoms with Crippen molar-refractivity contribution in [1.29, 1.82) is 0 Å². The van der Waals surface area contributed by atoms with Crippen LogP contribution in [-0.4, -0.2) is 29.5 Å². The molecule has 3 nitrogen and oxygen atoms in total. The summed E-state index contributed by atoms with van der Waals surface area (Å²) in [4.78, 5) is 12.1. The van der Waals surface area contributed by atoms with Crippen molar-refractivity contribution >= 4 is 17.7 Å². The standard InChI is InChI=1S/C14H28N2OS/c1-4-18-13-6-5-12(8-13)16-14(17)11(9-15)7-10(2)3/h10-13H,4-9,15H2,1-3H3,(H,16,17). The Morgan fingerprint density at radius 2 is 2.17 bits per heavy atom. The van der Waals surface area contributed by atoms with Crippen LogP contribution in [0.25, 0.3) is 0 Å². The lowest BCUT2D eigenvalue weighted by Crippen LogP contribution is -2.40. The first kappa shape index (κ1) is 15.8. The van der Waals surface area contributed by atoms with Gasteiger partial charge in [-0.3, -0.25) is 4.79 Å². The second kappa shape index (κ2) is 8.05. The number of carbonyl (C=O) groups is 1. The van der Waals surface area contributed by atoms with Crippen molar-refractivity contribution in [2.75, 3.05) is 12.3 Å². The molecule has 0 heterocycles. The molecular weight excluding hydrogens is 244 g/mol. The predicted molar refractivity (Wildman–Crippen MR) is 79.7 cm³/mol. The fourth-order valence-corrected chi connectivity index (χ4v) is 3.80. The van der Waals surface area contributed by atoms with Crippen LogP contribution >= 0.6 is 11.8 Å². The molecule has 3 N–H and O–H groups in total. The minimum Gasteiger partial charge on any atom is -0.353 e. The summed E-state index contributed by atoms with van der Waals surface area (Å²) in [7, 11) is 0. The van der Waals surface area contributed by atoms with E-state index in [2.05, 4.69) is 26.1 Å². The molecule has 0 saturated heterocycles. The highest BCUT2D eigenvalue weighted by Gasteiger charge is 2.27. The second-order valence-corrected chi connectivity index (χ2v) is 7.24. The van der Waals surface area contributed by atoms with Crippen LogP contribution in [0, 0.1) is 11.8 Å². The van der Waals surface area contributed by atoms with Crippen LogP contribution in [0.2, 0.25) is 0 Å². The Labute approximate surface area is 116 Å². The fourth-order valence-electron chi connectivity index (χ4n) is 2.66. The van der Waals surface area contributed by atoms with Gasteiger partial charge in [-0.25, -0.2) is 0 Å². The van der Waals surface area contributed by atoms with Crippen molar-refractivity contribution in [2.45, 2.75) is 57.7 Å². The molecule has 0 aromatic rings. The van der Waals surface area contributed by atoms with Gasteiger partial charge in [0.15, 0.2) is 0 Å². The zero-order valence-corrected chi connectivity index (χ0v) is 12.8. The molecule has 1 aliphatic carbocycles. The van der Waals surface area contributed by atoms with E-state index < -0.39 is 0 Å². The van der Waals surface area contributed by atoms with E-state index in [-0.39, 0.29) is 11.8 Å². The van der Waals surface area contributed by atoms with Crippen molar-refractivity contribution in [1.82, 2.24) is 5.32 Å². The molecule has 18 heavy (non-hydrogen) atoms. The molecular formula is C14H28N2OS. The topological polar surface area (TPSA) is 55.1 Å². The summed E-state index contributed by atoms with van der Waals surface area (Å²) in [6, 6.07) is 0.378. The van der Waals surface area contributed by atoms with E-state index in [0.717, 1.165) is 24.5 Å². The largest absolute Gasteiger partial charge is 0.353 e. The van der Waals surface area contributed by atoms with Gasteiger partial charge in [-0.05, 0) is 37.4 Å². The zero-order chi connectivity index (χ0) is 13.5.